The molecule has 3 heteroatoms. The minimum Gasteiger partial charge on any atom is -0.508 e. The van der Waals surface area contributed by atoms with E-state index in [1.165, 1.54) is 0 Å². The average Bonchev–Trinajstić information content (AvgIpc) is 3.13. The Bertz CT molecular complexity index is 846. The van der Waals surface area contributed by atoms with Gasteiger partial charge in [-0.25, -0.2) is 0 Å². The van der Waals surface area contributed by atoms with Crippen LogP contribution in [0, 0.1) is 17.2 Å². The maximum atomic E-state index is 9.78. The number of rotatable bonds is 2. The molecule has 0 atom stereocenters. The van der Waals surface area contributed by atoms with Crippen LogP contribution in [0.25, 0.3) is 11.1 Å². The number of phenols is 2. The highest BCUT2D eigenvalue weighted by Crippen LogP contribution is 2.44. The van der Waals surface area contributed by atoms with Gasteiger partial charge >= 0.3 is 0 Å². The van der Waals surface area contributed by atoms with Crippen LogP contribution in [0.3, 0.4) is 0 Å². The Morgan fingerprint density at radius 3 is 1.74 bits per heavy atom. The molecule has 23 heavy (non-hydrogen) atoms. The first-order valence-electron chi connectivity index (χ1n) is 7.61. The molecule has 0 fully saturated rings. The first kappa shape index (κ1) is 13.7. The summed E-state index contributed by atoms with van der Waals surface area (Å²) in [7, 11) is 0. The van der Waals surface area contributed by atoms with Crippen molar-refractivity contribution in [2.24, 2.45) is 5.92 Å². The largest absolute Gasteiger partial charge is 0.508 e. The Hall–Kier alpha value is -2.99. The SMILES string of the molecule is N#CC(C1=CCc2ccc(O)cc21)C1=CCc2ccc(O)cc21. The second kappa shape index (κ2) is 5.03. The van der Waals surface area contributed by atoms with E-state index >= 15 is 0 Å². The van der Waals surface area contributed by atoms with E-state index in [4.69, 9.17) is 0 Å². The summed E-state index contributed by atoms with van der Waals surface area (Å²) in [6.45, 7) is 0. The van der Waals surface area contributed by atoms with Crippen LogP contribution in [0.2, 0.25) is 0 Å². The molecular weight excluding hydrogens is 286 g/mol. The fraction of sp³-hybridized carbons (Fsp3) is 0.150. The molecule has 2 aromatic rings. The van der Waals surface area contributed by atoms with Gasteiger partial charge in [0.15, 0.2) is 0 Å². The maximum Gasteiger partial charge on any atom is 0.116 e. The quantitative estimate of drug-likeness (QED) is 0.886. The number of hydrogen-bond acceptors (Lipinski definition) is 3. The molecular formula is C20H15NO2. The molecule has 112 valence electrons. The summed E-state index contributed by atoms with van der Waals surface area (Å²) in [5.74, 6) is 0.0412. The summed E-state index contributed by atoms with van der Waals surface area (Å²) in [5.41, 5.74) is 6.05. The van der Waals surface area contributed by atoms with Gasteiger partial charge in [0, 0.05) is 0 Å². The zero-order valence-corrected chi connectivity index (χ0v) is 12.5. The summed E-state index contributed by atoms with van der Waals surface area (Å²) in [6.07, 6.45) is 5.70. The van der Waals surface area contributed by atoms with Crippen LogP contribution in [-0.4, -0.2) is 10.2 Å². The lowest BCUT2D eigenvalue weighted by Crippen LogP contribution is -2.03. The first-order chi connectivity index (χ1) is 11.2. The summed E-state index contributed by atoms with van der Waals surface area (Å²) in [4.78, 5) is 0. The molecule has 0 aromatic heterocycles. The van der Waals surface area contributed by atoms with Gasteiger partial charge in [0.1, 0.15) is 11.5 Å². The van der Waals surface area contributed by atoms with Gasteiger partial charge in [0.2, 0.25) is 0 Å². The molecule has 3 nitrogen and oxygen atoms in total. The van der Waals surface area contributed by atoms with Crippen molar-refractivity contribution in [2.45, 2.75) is 12.8 Å². The van der Waals surface area contributed by atoms with Gasteiger partial charge in [-0.15, -0.1) is 0 Å². The molecule has 2 aliphatic carbocycles. The first-order valence-corrected chi connectivity index (χ1v) is 7.61. The Morgan fingerprint density at radius 1 is 0.826 bits per heavy atom. The van der Waals surface area contributed by atoms with Crippen molar-refractivity contribution in [3.05, 3.63) is 70.8 Å². The second-order valence-corrected chi connectivity index (χ2v) is 5.97. The van der Waals surface area contributed by atoms with Crippen LogP contribution >= 0.6 is 0 Å². The van der Waals surface area contributed by atoms with Crippen molar-refractivity contribution in [2.75, 3.05) is 0 Å². The standard InChI is InChI=1S/C20H15NO2/c21-11-20(16-7-3-12-1-5-14(22)9-18(12)16)17-8-4-13-2-6-15(23)10-19(13)17/h1-2,5-10,20,22-23H,3-4H2. The molecule has 4 rings (SSSR count). The minimum atomic E-state index is -0.388. The number of aromatic hydroxyl groups is 2. The molecule has 0 saturated carbocycles. The van der Waals surface area contributed by atoms with Crippen molar-refractivity contribution < 1.29 is 10.2 Å². The Kier molecular flexibility index (Phi) is 2.99. The molecule has 2 N–H and O–H groups in total. The van der Waals surface area contributed by atoms with E-state index in [2.05, 4.69) is 18.2 Å². The Morgan fingerprint density at radius 2 is 1.30 bits per heavy atom. The number of nitriles is 1. The topological polar surface area (TPSA) is 64.2 Å². The van der Waals surface area contributed by atoms with Crippen LogP contribution in [0.1, 0.15) is 22.3 Å². The van der Waals surface area contributed by atoms with Gasteiger partial charge in [0.05, 0.1) is 12.0 Å². The molecule has 0 saturated heterocycles. The maximum absolute atomic E-state index is 9.78. The molecule has 2 aliphatic rings. The van der Waals surface area contributed by atoms with Crippen LogP contribution in [0.5, 0.6) is 11.5 Å². The smallest absolute Gasteiger partial charge is 0.116 e. The normalized spacial score (nSPS) is 15.0. The third-order valence-corrected chi connectivity index (χ3v) is 4.64. The van der Waals surface area contributed by atoms with Crippen molar-refractivity contribution >= 4 is 11.1 Å². The third kappa shape index (κ3) is 2.11. The van der Waals surface area contributed by atoms with Crippen LogP contribution in [0.4, 0.5) is 0 Å². The molecule has 0 spiro atoms. The summed E-state index contributed by atoms with van der Waals surface area (Å²) < 4.78 is 0. The fourth-order valence-corrected chi connectivity index (χ4v) is 3.54. The van der Waals surface area contributed by atoms with Crippen LogP contribution in [-0.2, 0) is 12.8 Å². The van der Waals surface area contributed by atoms with Crippen molar-refractivity contribution in [1.29, 1.82) is 5.26 Å². The van der Waals surface area contributed by atoms with Crippen molar-refractivity contribution in [1.82, 2.24) is 0 Å². The van der Waals surface area contributed by atoms with Crippen molar-refractivity contribution in [3.8, 4) is 17.6 Å². The Balaban J connectivity index is 1.78. The lowest BCUT2D eigenvalue weighted by molar-refractivity contribution is 0.474. The highest BCUT2D eigenvalue weighted by molar-refractivity contribution is 5.90. The van der Waals surface area contributed by atoms with E-state index in [-0.39, 0.29) is 17.4 Å². The highest BCUT2D eigenvalue weighted by atomic mass is 16.3. The van der Waals surface area contributed by atoms with E-state index < -0.39 is 0 Å². The van der Waals surface area contributed by atoms with Gasteiger partial charge in [-0.2, -0.15) is 5.26 Å². The number of nitrogens with zero attached hydrogens (tertiary/aromatic N) is 1. The molecule has 0 heterocycles. The third-order valence-electron chi connectivity index (χ3n) is 4.64. The zero-order valence-electron chi connectivity index (χ0n) is 12.5. The van der Waals surface area contributed by atoms with Crippen LogP contribution < -0.4 is 0 Å². The predicted molar refractivity (Wildman–Crippen MR) is 88.7 cm³/mol. The molecule has 0 bridgehead atoms. The number of phenolic OH excluding ortho intramolecular Hbond substituents is 2. The average molecular weight is 301 g/mol. The minimum absolute atomic E-state index is 0.215. The predicted octanol–water partition coefficient (Wildman–Crippen LogP) is 3.82. The van der Waals surface area contributed by atoms with Crippen LogP contribution in [0.15, 0.2) is 48.6 Å². The van der Waals surface area contributed by atoms with E-state index in [1.54, 1.807) is 24.3 Å². The van der Waals surface area contributed by atoms with E-state index in [0.29, 0.717) is 0 Å². The molecule has 0 amide bonds. The lowest BCUT2D eigenvalue weighted by atomic mass is 9.86. The van der Waals surface area contributed by atoms with E-state index in [1.807, 2.05) is 12.1 Å². The highest BCUT2D eigenvalue weighted by Gasteiger charge is 2.29. The van der Waals surface area contributed by atoms with Gasteiger partial charge in [-0.1, -0.05) is 24.3 Å². The number of allylic oxidation sites excluding steroid dienone is 4. The summed E-state index contributed by atoms with van der Waals surface area (Å²) >= 11 is 0. The van der Waals surface area contributed by atoms with E-state index in [9.17, 15) is 15.5 Å². The van der Waals surface area contributed by atoms with E-state index in [0.717, 1.165) is 46.2 Å². The zero-order chi connectivity index (χ0) is 16.0. The summed E-state index contributed by atoms with van der Waals surface area (Å²) in [6, 6.07) is 13.0. The number of benzene rings is 2. The molecule has 2 aromatic carbocycles. The number of hydrogen-bond donors (Lipinski definition) is 2. The molecule has 0 radical (unpaired) electrons. The monoisotopic (exact) mass is 301 g/mol. The Labute approximate surface area is 134 Å². The second-order valence-electron chi connectivity index (χ2n) is 5.97. The van der Waals surface area contributed by atoms with Gasteiger partial charge in [0.25, 0.3) is 0 Å². The van der Waals surface area contributed by atoms with Gasteiger partial charge < -0.3 is 10.2 Å². The van der Waals surface area contributed by atoms with Crippen molar-refractivity contribution in [3.63, 3.8) is 0 Å². The summed E-state index contributed by atoms with van der Waals surface area (Å²) in [5, 5.41) is 29.3. The number of fused-ring (bicyclic) bond motifs is 2. The van der Waals surface area contributed by atoms with Gasteiger partial charge in [-0.05, 0) is 70.5 Å². The fourth-order valence-electron chi connectivity index (χ4n) is 3.54. The molecule has 0 unspecified atom stereocenters. The molecule has 0 aliphatic heterocycles. The van der Waals surface area contributed by atoms with Gasteiger partial charge in [-0.3, -0.25) is 0 Å². The lowest BCUT2D eigenvalue weighted by Gasteiger charge is -2.16.